The zero-order valence-electron chi connectivity index (χ0n) is 8.63. The summed E-state index contributed by atoms with van der Waals surface area (Å²) in [5.74, 6) is -0.788. The highest BCUT2D eigenvalue weighted by Gasteiger charge is 2.18. The van der Waals surface area contributed by atoms with E-state index in [0.29, 0.717) is 10.0 Å². The maximum absolute atomic E-state index is 13.4. The Kier molecular flexibility index (Phi) is 4.23. The maximum atomic E-state index is 13.4. The molecule has 0 aromatic heterocycles. The molecular weight excluding hydrogens is 297 g/mol. The predicted molar refractivity (Wildman–Crippen MR) is 64.1 cm³/mol. The number of rotatable bonds is 4. The summed E-state index contributed by atoms with van der Waals surface area (Å²) in [5, 5.41) is 0. The van der Waals surface area contributed by atoms with Crippen molar-refractivity contribution in [1.29, 1.82) is 0 Å². The highest BCUT2D eigenvalue weighted by atomic mass is 79.9. The molecule has 0 saturated carbocycles. The second kappa shape index (κ2) is 5.07. The summed E-state index contributed by atoms with van der Waals surface area (Å²) < 4.78 is 39.5. The van der Waals surface area contributed by atoms with Gasteiger partial charge in [0, 0.05) is 11.0 Å². The molecule has 0 unspecified atom stereocenters. The number of sulfonamides is 1. The largest absolute Gasteiger partial charge is 0.243 e. The van der Waals surface area contributed by atoms with Gasteiger partial charge >= 0.3 is 0 Å². The van der Waals surface area contributed by atoms with Gasteiger partial charge in [-0.3, -0.25) is 0 Å². The molecular formula is C10H11BrFNO2S. The van der Waals surface area contributed by atoms with Crippen LogP contribution < -0.4 is 4.72 Å². The van der Waals surface area contributed by atoms with E-state index in [0.717, 1.165) is 6.07 Å². The minimum atomic E-state index is -3.81. The fourth-order valence-electron chi connectivity index (χ4n) is 0.989. The smallest absolute Gasteiger partial charge is 0.207 e. The van der Waals surface area contributed by atoms with E-state index in [4.69, 9.17) is 0 Å². The summed E-state index contributed by atoms with van der Waals surface area (Å²) in [6.45, 7) is 5.34. The first-order valence-electron chi connectivity index (χ1n) is 4.42. The number of halogens is 2. The van der Waals surface area contributed by atoms with Crippen molar-refractivity contribution in [2.75, 3.05) is 6.54 Å². The Labute approximate surface area is 103 Å². The molecule has 1 N–H and O–H groups in total. The summed E-state index contributed by atoms with van der Waals surface area (Å²) in [6, 6.07) is 3.79. The van der Waals surface area contributed by atoms with Gasteiger partial charge in [-0.05, 0) is 25.1 Å². The van der Waals surface area contributed by atoms with Gasteiger partial charge in [0.15, 0.2) is 0 Å². The van der Waals surface area contributed by atoms with Gasteiger partial charge in [-0.2, -0.15) is 0 Å². The standard InChI is InChI=1S/C10H11BrFNO2S/c1-7(2)6-13-16(14,15)10-4-3-8(11)5-9(10)12/h3-5,13H,1,6H2,2H3. The van der Waals surface area contributed by atoms with Crippen molar-refractivity contribution in [3.8, 4) is 0 Å². The minimum absolute atomic E-state index is 0.0951. The van der Waals surface area contributed by atoms with Gasteiger partial charge in [0.1, 0.15) is 10.7 Å². The van der Waals surface area contributed by atoms with Gasteiger partial charge in [0.25, 0.3) is 0 Å². The summed E-state index contributed by atoms with van der Waals surface area (Å²) in [5.41, 5.74) is 0.654. The topological polar surface area (TPSA) is 46.2 Å². The quantitative estimate of drug-likeness (QED) is 0.869. The first-order valence-corrected chi connectivity index (χ1v) is 6.69. The zero-order valence-corrected chi connectivity index (χ0v) is 11.0. The lowest BCUT2D eigenvalue weighted by Gasteiger charge is -2.07. The molecule has 6 heteroatoms. The van der Waals surface area contributed by atoms with Crippen LogP contribution in [0.5, 0.6) is 0 Å². The highest BCUT2D eigenvalue weighted by molar-refractivity contribution is 9.10. The van der Waals surface area contributed by atoms with Crippen molar-refractivity contribution in [3.05, 3.63) is 40.6 Å². The third-order valence-electron chi connectivity index (χ3n) is 1.75. The molecule has 0 heterocycles. The summed E-state index contributed by atoms with van der Waals surface area (Å²) >= 11 is 3.06. The van der Waals surface area contributed by atoms with E-state index in [-0.39, 0.29) is 11.4 Å². The van der Waals surface area contributed by atoms with Gasteiger partial charge in [-0.15, -0.1) is 0 Å². The van der Waals surface area contributed by atoms with Crippen molar-refractivity contribution in [2.24, 2.45) is 0 Å². The molecule has 88 valence electrons. The number of hydrogen-bond donors (Lipinski definition) is 1. The fraction of sp³-hybridized carbons (Fsp3) is 0.200. The summed E-state index contributed by atoms with van der Waals surface area (Å²) in [6.07, 6.45) is 0. The van der Waals surface area contributed by atoms with Gasteiger partial charge in [-0.25, -0.2) is 17.5 Å². The van der Waals surface area contributed by atoms with Crippen LogP contribution in [-0.2, 0) is 10.0 Å². The van der Waals surface area contributed by atoms with Gasteiger partial charge in [-0.1, -0.05) is 28.1 Å². The van der Waals surface area contributed by atoms with Crippen molar-refractivity contribution < 1.29 is 12.8 Å². The SMILES string of the molecule is C=C(C)CNS(=O)(=O)c1ccc(Br)cc1F. The van der Waals surface area contributed by atoms with Crippen molar-refractivity contribution in [3.63, 3.8) is 0 Å². The van der Waals surface area contributed by atoms with Crippen LogP contribution in [0.4, 0.5) is 4.39 Å². The molecule has 1 aromatic carbocycles. The molecule has 0 aliphatic carbocycles. The van der Waals surface area contributed by atoms with Crippen LogP contribution in [0.15, 0.2) is 39.7 Å². The van der Waals surface area contributed by atoms with Crippen LogP contribution in [0.25, 0.3) is 0 Å². The van der Waals surface area contributed by atoms with Crippen LogP contribution in [-0.4, -0.2) is 15.0 Å². The molecule has 0 atom stereocenters. The number of hydrogen-bond acceptors (Lipinski definition) is 2. The fourth-order valence-corrected chi connectivity index (χ4v) is 2.48. The average molecular weight is 308 g/mol. The van der Waals surface area contributed by atoms with Crippen LogP contribution in [0.1, 0.15) is 6.92 Å². The Morgan fingerprint density at radius 1 is 1.56 bits per heavy atom. The molecule has 0 aliphatic heterocycles. The Morgan fingerprint density at radius 3 is 2.69 bits per heavy atom. The molecule has 0 spiro atoms. The highest BCUT2D eigenvalue weighted by Crippen LogP contribution is 2.19. The molecule has 0 saturated heterocycles. The second-order valence-corrected chi connectivity index (χ2v) is 6.01. The molecule has 0 amide bonds. The Hall–Kier alpha value is -0.720. The van der Waals surface area contributed by atoms with Crippen molar-refractivity contribution in [2.45, 2.75) is 11.8 Å². The third kappa shape index (κ3) is 3.40. The molecule has 0 bridgehead atoms. The Morgan fingerprint density at radius 2 is 2.19 bits per heavy atom. The number of benzene rings is 1. The third-order valence-corrected chi connectivity index (χ3v) is 3.68. The lowest BCUT2D eigenvalue weighted by Crippen LogP contribution is -2.26. The molecule has 3 nitrogen and oxygen atoms in total. The van der Waals surface area contributed by atoms with Gasteiger partial charge < -0.3 is 0 Å². The van der Waals surface area contributed by atoms with E-state index in [1.165, 1.54) is 12.1 Å². The van der Waals surface area contributed by atoms with E-state index in [2.05, 4.69) is 27.2 Å². The van der Waals surface area contributed by atoms with Crippen molar-refractivity contribution in [1.82, 2.24) is 4.72 Å². The first-order chi connectivity index (χ1) is 7.33. The first kappa shape index (κ1) is 13.3. The van der Waals surface area contributed by atoms with E-state index < -0.39 is 15.8 Å². The molecule has 1 rings (SSSR count). The Bertz CT molecular complexity index is 514. The molecule has 16 heavy (non-hydrogen) atoms. The predicted octanol–water partition coefficient (Wildman–Crippen LogP) is 2.44. The molecule has 0 fully saturated rings. The van der Waals surface area contributed by atoms with Gasteiger partial charge in [0.05, 0.1) is 0 Å². The van der Waals surface area contributed by atoms with Crippen LogP contribution in [0, 0.1) is 5.82 Å². The van der Waals surface area contributed by atoms with Crippen LogP contribution in [0.3, 0.4) is 0 Å². The van der Waals surface area contributed by atoms with Crippen molar-refractivity contribution >= 4 is 26.0 Å². The lowest BCUT2D eigenvalue weighted by molar-refractivity contribution is 0.558. The van der Waals surface area contributed by atoms with Gasteiger partial charge in [0.2, 0.25) is 10.0 Å². The normalized spacial score (nSPS) is 11.4. The average Bonchev–Trinajstić information content (AvgIpc) is 2.14. The monoisotopic (exact) mass is 307 g/mol. The van der Waals surface area contributed by atoms with E-state index in [1.54, 1.807) is 6.92 Å². The minimum Gasteiger partial charge on any atom is -0.207 e. The lowest BCUT2D eigenvalue weighted by atomic mass is 10.3. The maximum Gasteiger partial charge on any atom is 0.243 e. The van der Waals surface area contributed by atoms with Crippen LogP contribution >= 0.6 is 15.9 Å². The summed E-state index contributed by atoms with van der Waals surface area (Å²) in [7, 11) is -3.81. The molecule has 0 radical (unpaired) electrons. The Balaban J connectivity index is 3.03. The second-order valence-electron chi connectivity index (χ2n) is 3.36. The zero-order chi connectivity index (χ0) is 12.3. The van der Waals surface area contributed by atoms with E-state index in [1.807, 2.05) is 0 Å². The number of nitrogens with one attached hydrogen (secondary N) is 1. The summed E-state index contributed by atoms with van der Waals surface area (Å²) in [4.78, 5) is -0.364. The van der Waals surface area contributed by atoms with E-state index in [9.17, 15) is 12.8 Å². The van der Waals surface area contributed by atoms with E-state index >= 15 is 0 Å². The van der Waals surface area contributed by atoms with Crippen LogP contribution in [0.2, 0.25) is 0 Å². The molecule has 1 aromatic rings. The molecule has 0 aliphatic rings.